The molecule has 0 spiro atoms. The Morgan fingerprint density at radius 1 is 1.14 bits per heavy atom. The van der Waals surface area contributed by atoms with Gasteiger partial charge in [-0.05, 0) is 30.7 Å². The van der Waals surface area contributed by atoms with Crippen molar-refractivity contribution in [2.24, 2.45) is 0 Å². The third-order valence-corrected chi connectivity index (χ3v) is 5.77. The van der Waals surface area contributed by atoms with E-state index in [0.29, 0.717) is 11.5 Å². The van der Waals surface area contributed by atoms with Crippen LogP contribution in [0.3, 0.4) is 0 Å². The fraction of sp³-hybridized carbons (Fsp3) is 0.333. The average molecular weight is 498 g/mol. The van der Waals surface area contributed by atoms with Gasteiger partial charge in [-0.25, -0.2) is 4.79 Å². The number of benzene rings is 1. The summed E-state index contributed by atoms with van der Waals surface area (Å²) >= 11 is 0. The van der Waals surface area contributed by atoms with Crippen LogP contribution in [0.2, 0.25) is 0 Å². The van der Waals surface area contributed by atoms with Crippen molar-refractivity contribution in [1.29, 1.82) is 0 Å². The number of amides is 2. The number of aryl methyl sites for hydroxylation is 1. The largest absolute Gasteiger partial charge is 0.465 e. The highest BCUT2D eigenvalue weighted by Gasteiger charge is 2.48. The van der Waals surface area contributed by atoms with Crippen molar-refractivity contribution in [3.8, 4) is 0 Å². The van der Waals surface area contributed by atoms with Crippen LogP contribution in [0.25, 0.3) is 0 Å². The summed E-state index contributed by atoms with van der Waals surface area (Å²) in [5.41, 5.74) is 5.46. The van der Waals surface area contributed by atoms with Gasteiger partial charge < -0.3 is 35.7 Å². The first-order chi connectivity index (χ1) is 17.2. The molecule has 3 aromatic rings. The van der Waals surface area contributed by atoms with Crippen molar-refractivity contribution in [2.45, 2.75) is 50.5 Å². The summed E-state index contributed by atoms with van der Waals surface area (Å²) in [5.74, 6) is -0.0914. The van der Waals surface area contributed by atoms with Gasteiger partial charge in [-0.2, -0.15) is 4.98 Å². The van der Waals surface area contributed by atoms with Gasteiger partial charge >= 0.3 is 5.69 Å². The number of aliphatic hydroxyl groups is 2. The van der Waals surface area contributed by atoms with Crippen molar-refractivity contribution >= 4 is 17.6 Å². The van der Waals surface area contributed by atoms with Crippen LogP contribution in [-0.2, 0) is 27.3 Å². The monoisotopic (exact) mass is 497 g/mol. The lowest BCUT2D eigenvalue weighted by Crippen LogP contribution is -2.52. The van der Waals surface area contributed by atoms with E-state index in [2.05, 4.69) is 15.6 Å². The van der Waals surface area contributed by atoms with Crippen molar-refractivity contribution < 1.29 is 29.0 Å². The minimum Gasteiger partial charge on any atom is -0.465 e. The van der Waals surface area contributed by atoms with E-state index < -0.39 is 48.1 Å². The maximum atomic E-state index is 13.1. The highest BCUT2D eigenvalue weighted by Crippen LogP contribution is 2.28. The molecule has 0 radical (unpaired) electrons. The van der Waals surface area contributed by atoms with Gasteiger partial charge in [0.1, 0.15) is 35.6 Å². The van der Waals surface area contributed by atoms with Crippen LogP contribution >= 0.6 is 0 Å². The lowest BCUT2D eigenvalue weighted by atomic mass is 10.0. The molecule has 0 bridgehead atoms. The molecule has 0 aliphatic carbocycles. The molecule has 36 heavy (non-hydrogen) atoms. The summed E-state index contributed by atoms with van der Waals surface area (Å²) in [7, 11) is 0. The fourth-order valence-electron chi connectivity index (χ4n) is 3.92. The quantitative estimate of drug-likeness (QED) is 0.271. The Bertz CT molecular complexity index is 1280. The number of nitrogen functional groups attached to an aromatic ring is 1. The Balaban J connectivity index is 1.48. The van der Waals surface area contributed by atoms with Crippen LogP contribution in [0.4, 0.5) is 5.82 Å². The van der Waals surface area contributed by atoms with E-state index in [9.17, 15) is 24.6 Å². The second kappa shape index (κ2) is 10.7. The highest BCUT2D eigenvalue weighted by molar-refractivity contribution is 5.90. The zero-order valence-electron chi connectivity index (χ0n) is 19.4. The van der Waals surface area contributed by atoms with E-state index in [1.54, 1.807) is 31.2 Å². The zero-order valence-corrected chi connectivity index (χ0v) is 19.4. The SMILES string of the molecule is Cc1ccc(CNC(=O)[C@@H](Cc2ccccc2)NC(=O)[C@H]2O[C@@H](n3ccc(N)nc3=O)[C@H](O)[C@@H]2O)o1. The number of furan rings is 1. The number of hydrogen-bond donors (Lipinski definition) is 5. The Hall–Kier alpha value is -4.00. The number of carbonyl (C=O) groups is 2. The topological polar surface area (TPSA) is 182 Å². The van der Waals surface area contributed by atoms with Crippen LogP contribution < -0.4 is 22.1 Å². The van der Waals surface area contributed by atoms with E-state index in [1.165, 1.54) is 12.3 Å². The molecule has 1 fully saturated rings. The van der Waals surface area contributed by atoms with Gasteiger partial charge in [-0.1, -0.05) is 30.3 Å². The molecular formula is C24H27N5O7. The third-order valence-electron chi connectivity index (χ3n) is 5.77. The number of rotatable bonds is 8. The molecule has 2 amide bonds. The molecule has 2 aromatic heterocycles. The second-order valence-corrected chi connectivity index (χ2v) is 8.45. The summed E-state index contributed by atoms with van der Waals surface area (Å²) in [4.78, 5) is 41.8. The minimum absolute atomic E-state index is 0.0296. The van der Waals surface area contributed by atoms with Crippen LogP contribution in [0.15, 0.2) is 63.9 Å². The van der Waals surface area contributed by atoms with Crippen LogP contribution in [0.1, 0.15) is 23.3 Å². The number of ether oxygens (including phenoxy) is 1. The molecule has 1 aliphatic heterocycles. The van der Waals surface area contributed by atoms with Gasteiger partial charge in [0, 0.05) is 12.6 Å². The van der Waals surface area contributed by atoms with E-state index in [1.807, 2.05) is 18.2 Å². The molecule has 12 nitrogen and oxygen atoms in total. The molecular weight excluding hydrogens is 470 g/mol. The Morgan fingerprint density at radius 2 is 1.89 bits per heavy atom. The zero-order chi connectivity index (χ0) is 25.8. The predicted molar refractivity (Wildman–Crippen MR) is 126 cm³/mol. The fourth-order valence-corrected chi connectivity index (χ4v) is 3.92. The average Bonchev–Trinajstić information content (AvgIpc) is 3.40. The molecule has 0 saturated carbocycles. The van der Waals surface area contributed by atoms with E-state index in [0.717, 1.165) is 10.1 Å². The first kappa shape index (κ1) is 25.1. The molecule has 12 heteroatoms. The van der Waals surface area contributed by atoms with Gasteiger partial charge in [0.2, 0.25) is 5.91 Å². The van der Waals surface area contributed by atoms with Gasteiger partial charge in [-0.15, -0.1) is 0 Å². The number of aromatic nitrogens is 2. The number of carbonyl (C=O) groups excluding carboxylic acids is 2. The second-order valence-electron chi connectivity index (χ2n) is 8.45. The molecule has 5 atom stereocenters. The normalized spacial score (nSPS) is 22.2. The molecule has 3 heterocycles. The first-order valence-electron chi connectivity index (χ1n) is 11.3. The number of nitrogens with two attached hydrogens (primary N) is 1. The molecule has 1 saturated heterocycles. The molecule has 6 N–H and O–H groups in total. The van der Waals surface area contributed by atoms with Crippen molar-refractivity contribution in [1.82, 2.24) is 20.2 Å². The Morgan fingerprint density at radius 3 is 2.56 bits per heavy atom. The van der Waals surface area contributed by atoms with Crippen LogP contribution in [0.5, 0.6) is 0 Å². The third kappa shape index (κ3) is 5.62. The maximum absolute atomic E-state index is 13.1. The predicted octanol–water partition coefficient (Wildman–Crippen LogP) is -0.610. The van der Waals surface area contributed by atoms with E-state index >= 15 is 0 Å². The Kier molecular flexibility index (Phi) is 7.48. The maximum Gasteiger partial charge on any atom is 0.351 e. The van der Waals surface area contributed by atoms with E-state index in [4.69, 9.17) is 14.9 Å². The summed E-state index contributed by atoms with van der Waals surface area (Å²) < 4.78 is 11.9. The number of nitrogens with one attached hydrogen (secondary N) is 2. The van der Waals surface area contributed by atoms with Crippen molar-refractivity contribution in [2.75, 3.05) is 5.73 Å². The van der Waals surface area contributed by atoms with Crippen molar-refractivity contribution in [3.05, 3.63) is 82.3 Å². The minimum atomic E-state index is -1.66. The smallest absolute Gasteiger partial charge is 0.351 e. The number of hydrogen-bond acceptors (Lipinski definition) is 9. The standard InChI is InChI=1S/C24H27N5O7/c1-13-7-8-15(35-13)12-26-21(32)16(11-14-5-3-2-4-6-14)27-22(33)20-18(30)19(31)23(36-20)29-10-9-17(25)28-24(29)34/h2-10,16,18-20,23,30-31H,11-12H2,1H3,(H,26,32)(H,27,33)(H2,25,28,34)/t16-,18+,19-,20+,23-/m1/s1. The molecule has 1 aromatic carbocycles. The van der Waals surface area contributed by atoms with Gasteiger partial charge in [0.25, 0.3) is 5.91 Å². The summed E-state index contributed by atoms with van der Waals surface area (Å²) in [6, 6.07) is 12.9. The van der Waals surface area contributed by atoms with Gasteiger partial charge in [0.15, 0.2) is 12.3 Å². The number of anilines is 1. The van der Waals surface area contributed by atoms with E-state index in [-0.39, 0.29) is 18.8 Å². The summed E-state index contributed by atoms with van der Waals surface area (Å²) in [5, 5.41) is 26.3. The summed E-state index contributed by atoms with van der Waals surface area (Å²) in [6.07, 6.45) is -4.79. The lowest BCUT2D eigenvalue weighted by Gasteiger charge is -2.21. The summed E-state index contributed by atoms with van der Waals surface area (Å²) in [6.45, 7) is 1.90. The van der Waals surface area contributed by atoms with Crippen LogP contribution in [0, 0.1) is 6.92 Å². The van der Waals surface area contributed by atoms with Crippen molar-refractivity contribution in [3.63, 3.8) is 0 Å². The van der Waals surface area contributed by atoms with Gasteiger partial charge in [0.05, 0.1) is 6.54 Å². The molecule has 190 valence electrons. The van der Waals surface area contributed by atoms with Crippen LogP contribution in [-0.4, -0.2) is 55.9 Å². The molecule has 1 aliphatic rings. The number of aliphatic hydroxyl groups excluding tert-OH is 2. The Labute approximate surface area is 205 Å². The lowest BCUT2D eigenvalue weighted by molar-refractivity contribution is -0.141. The highest BCUT2D eigenvalue weighted by atomic mass is 16.6. The first-order valence-corrected chi connectivity index (χ1v) is 11.3. The number of nitrogens with zero attached hydrogens (tertiary/aromatic N) is 2. The van der Waals surface area contributed by atoms with Gasteiger partial charge in [-0.3, -0.25) is 14.2 Å². The molecule has 4 rings (SSSR count). The molecule has 0 unspecified atom stereocenters.